The van der Waals surface area contributed by atoms with Gasteiger partial charge in [0.2, 0.25) is 15.9 Å². The number of H-pyrrole nitrogens is 1. The smallest absolute Gasteiger partial charge is 0.240 e. The number of nitrogens with zero attached hydrogens (tertiary/aromatic N) is 2. The van der Waals surface area contributed by atoms with Crippen molar-refractivity contribution in [3.8, 4) is 5.88 Å². The van der Waals surface area contributed by atoms with E-state index >= 15 is 0 Å². The zero-order chi connectivity index (χ0) is 19.6. The minimum atomic E-state index is -3.67. The molecule has 7 nitrogen and oxygen atoms in total. The Morgan fingerprint density at radius 1 is 1.19 bits per heavy atom. The van der Waals surface area contributed by atoms with Crippen molar-refractivity contribution >= 4 is 43.9 Å². The Hall–Kier alpha value is -2.42. The third-order valence-corrected chi connectivity index (χ3v) is 5.57. The second-order valence-electron chi connectivity index (χ2n) is 6.43. The summed E-state index contributed by atoms with van der Waals surface area (Å²) in [5, 5.41) is 19.1. The van der Waals surface area contributed by atoms with E-state index in [0.29, 0.717) is 28.2 Å². The average molecular weight is 407 g/mol. The van der Waals surface area contributed by atoms with Crippen LogP contribution in [0.5, 0.6) is 5.88 Å². The van der Waals surface area contributed by atoms with Crippen molar-refractivity contribution in [2.75, 3.05) is 6.54 Å². The van der Waals surface area contributed by atoms with E-state index in [1.165, 1.54) is 12.1 Å². The largest absolute Gasteiger partial charge is 0.493 e. The molecule has 0 spiro atoms. The lowest BCUT2D eigenvalue weighted by Crippen LogP contribution is -2.27. The van der Waals surface area contributed by atoms with Crippen LogP contribution in [0.1, 0.15) is 13.8 Å². The molecule has 3 aromatic rings. The van der Waals surface area contributed by atoms with Gasteiger partial charge in [-0.05, 0) is 36.2 Å². The summed E-state index contributed by atoms with van der Waals surface area (Å²) in [6.07, 6.45) is 0. The lowest BCUT2D eigenvalue weighted by Gasteiger charge is -2.08. The highest BCUT2D eigenvalue weighted by molar-refractivity contribution is 7.89. The molecule has 3 rings (SSSR count). The summed E-state index contributed by atoms with van der Waals surface area (Å²) in [5.74, 6) is -0.0229. The van der Waals surface area contributed by atoms with Gasteiger partial charge in [-0.3, -0.25) is 0 Å². The van der Waals surface area contributed by atoms with E-state index in [-0.39, 0.29) is 22.4 Å². The fourth-order valence-corrected chi connectivity index (χ4v) is 3.82. The number of hydrogen-bond donors (Lipinski definition) is 3. The molecule has 0 radical (unpaired) electrons. The minimum Gasteiger partial charge on any atom is -0.493 e. The normalized spacial score (nSPS) is 12.4. The summed E-state index contributed by atoms with van der Waals surface area (Å²) >= 11 is 6.06. The van der Waals surface area contributed by atoms with E-state index in [0.717, 1.165) is 0 Å². The van der Waals surface area contributed by atoms with Crippen molar-refractivity contribution in [1.82, 2.24) is 9.71 Å². The molecule has 1 heterocycles. The Labute approximate surface area is 162 Å². The highest BCUT2D eigenvalue weighted by atomic mass is 35.5. The first kappa shape index (κ1) is 19.3. The van der Waals surface area contributed by atoms with Gasteiger partial charge in [-0.25, -0.2) is 13.1 Å². The van der Waals surface area contributed by atoms with Crippen LogP contribution in [0.4, 0.5) is 11.4 Å². The third-order valence-electron chi connectivity index (χ3n) is 3.83. The van der Waals surface area contributed by atoms with Gasteiger partial charge in [0.05, 0.1) is 15.4 Å². The second kappa shape index (κ2) is 7.67. The SMILES string of the molecule is CC(C)CNS(=O)(=O)c1ccc2[nH]c(O)c(N=Nc3ccccc3Cl)c2c1. The van der Waals surface area contributed by atoms with Crippen molar-refractivity contribution < 1.29 is 13.5 Å². The molecular weight excluding hydrogens is 388 g/mol. The molecule has 0 aliphatic heterocycles. The Bertz CT molecular complexity index is 1110. The van der Waals surface area contributed by atoms with Crippen LogP contribution in [-0.2, 0) is 10.0 Å². The van der Waals surface area contributed by atoms with Gasteiger partial charge in [0.25, 0.3) is 0 Å². The Kier molecular flexibility index (Phi) is 5.50. The molecule has 2 aromatic carbocycles. The van der Waals surface area contributed by atoms with E-state index in [4.69, 9.17) is 11.6 Å². The first-order valence-corrected chi connectivity index (χ1v) is 10.1. The molecular formula is C18H19ClN4O3S. The summed E-state index contributed by atoms with van der Waals surface area (Å²) < 4.78 is 27.5. The monoisotopic (exact) mass is 406 g/mol. The summed E-state index contributed by atoms with van der Waals surface area (Å²) in [6.45, 7) is 4.17. The van der Waals surface area contributed by atoms with E-state index in [9.17, 15) is 13.5 Å². The highest BCUT2D eigenvalue weighted by Crippen LogP contribution is 2.38. The highest BCUT2D eigenvalue weighted by Gasteiger charge is 2.18. The van der Waals surface area contributed by atoms with Crippen LogP contribution in [0.3, 0.4) is 0 Å². The summed E-state index contributed by atoms with van der Waals surface area (Å²) in [4.78, 5) is 2.85. The number of benzene rings is 2. The minimum absolute atomic E-state index is 0.0869. The number of halogens is 1. The lowest BCUT2D eigenvalue weighted by atomic mass is 10.2. The zero-order valence-corrected chi connectivity index (χ0v) is 16.3. The molecule has 0 atom stereocenters. The molecule has 27 heavy (non-hydrogen) atoms. The van der Waals surface area contributed by atoms with Crippen LogP contribution < -0.4 is 4.72 Å². The van der Waals surface area contributed by atoms with Gasteiger partial charge < -0.3 is 10.1 Å². The first-order valence-electron chi connectivity index (χ1n) is 8.28. The van der Waals surface area contributed by atoms with Crippen molar-refractivity contribution in [1.29, 1.82) is 0 Å². The summed E-state index contributed by atoms with van der Waals surface area (Å²) in [5.41, 5.74) is 1.13. The van der Waals surface area contributed by atoms with Gasteiger partial charge in [-0.2, -0.15) is 0 Å². The molecule has 0 aliphatic rings. The number of aromatic amines is 1. The van der Waals surface area contributed by atoms with Crippen LogP contribution in [0.25, 0.3) is 10.9 Å². The molecule has 0 bridgehead atoms. The molecule has 3 N–H and O–H groups in total. The predicted octanol–water partition coefficient (Wildman–Crippen LogP) is 4.88. The van der Waals surface area contributed by atoms with Crippen molar-refractivity contribution in [3.63, 3.8) is 0 Å². The van der Waals surface area contributed by atoms with Gasteiger partial charge in [0.15, 0.2) is 5.69 Å². The van der Waals surface area contributed by atoms with Crippen molar-refractivity contribution in [2.45, 2.75) is 18.7 Å². The van der Waals surface area contributed by atoms with Crippen LogP contribution in [0, 0.1) is 5.92 Å². The third kappa shape index (κ3) is 4.29. The zero-order valence-electron chi connectivity index (χ0n) is 14.8. The average Bonchev–Trinajstić information content (AvgIpc) is 2.94. The van der Waals surface area contributed by atoms with Crippen molar-refractivity contribution in [2.24, 2.45) is 16.1 Å². The van der Waals surface area contributed by atoms with Crippen LogP contribution in [0.15, 0.2) is 57.6 Å². The number of sulfonamides is 1. The van der Waals surface area contributed by atoms with Gasteiger partial charge >= 0.3 is 0 Å². The summed E-state index contributed by atoms with van der Waals surface area (Å²) in [6, 6.07) is 11.4. The molecule has 0 saturated heterocycles. The second-order valence-corrected chi connectivity index (χ2v) is 8.60. The van der Waals surface area contributed by atoms with Gasteiger partial charge in [0, 0.05) is 11.9 Å². The molecule has 142 valence electrons. The van der Waals surface area contributed by atoms with E-state index in [2.05, 4.69) is 19.9 Å². The van der Waals surface area contributed by atoms with E-state index in [1.54, 1.807) is 30.3 Å². The fraction of sp³-hybridized carbons (Fsp3) is 0.222. The standard InChI is InChI=1S/C18H19ClN4O3S/c1-11(2)10-20-27(25,26)12-7-8-15-13(9-12)17(18(24)21-15)23-22-16-6-4-3-5-14(16)19/h3-9,11,20-21,24H,10H2,1-2H3. The van der Waals surface area contributed by atoms with Crippen molar-refractivity contribution in [3.05, 3.63) is 47.5 Å². The number of hydrogen-bond acceptors (Lipinski definition) is 5. The van der Waals surface area contributed by atoms with E-state index < -0.39 is 10.0 Å². The van der Waals surface area contributed by atoms with Gasteiger partial charge in [-0.15, -0.1) is 10.2 Å². The van der Waals surface area contributed by atoms with Crippen LogP contribution in [0.2, 0.25) is 5.02 Å². The maximum Gasteiger partial charge on any atom is 0.240 e. The Morgan fingerprint density at radius 3 is 2.63 bits per heavy atom. The van der Waals surface area contributed by atoms with E-state index in [1.807, 2.05) is 13.8 Å². The first-order chi connectivity index (χ1) is 12.8. The molecule has 9 heteroatoms. The lowest BCUT2D eigenvalue weighted by molar-refractivity contribution is 0.459. The number of fused-ring (bicyclic) bond motifs is 1. The number of rotatable bonds is 6. The molecule has 0 aliphatic carbocycles. The molecule has 0 unspecified atom stereocenters. The molecule has 0 saturated carbocycles. The molecule has 1 aromatic heterocycles. The predicted molar refractivity (Wildman–Crippen MR) is 106 cm³/mol. The summed E-state index contributed by atoms with van der Waals surface area (Å²) in [7, 11) is -3.67. The molecule has 0 fully saturated rings. The maximum atomic E-state index is 12.5. The number of aromatic nitrogens is 1. The number of azo groups is 1. The van der Waals surface area contributed by atoms with Gasteiger partial charge in [-0.1, -0.05) is 37.6 Å². The number of nitrogens with one attached hydrogen (secondary N) is 2. The topological polar surface area (TPSA) is 107 Å². The Morgan fingerprint density at radius 2 is 1.93 bits per heavy atom. The van der Waals surface area contributed by atoms with Crippen LogP contribution >= 0.6 is 11.6 Å². The Balaban J connectivity index is 2.02. The number of aromatic hydroxyl groups is 1. The quantitative estimate of drug-likeness (QED) is 0.508. The van der Waals surface area contributed by atoms with Gasteiger partial charge in [0.1, 0.15) is 5.69 Å². The molecule has 0 amide bonds. The fourth-order valence-electron chi connectivity index (χ4n) is 2.41. The van der Waals surface area contributed by atoms with Crippen LogP contribution in [-0.4, -0.2) is 25.1 Å². The maximum absolute atomic E-state index is 12.5.